The van der Waals surface area contributed by atoms with Crippen LogP contribution in [0.25, 0.3) is 22.4 Å². The summed E-state index contributed by atoms with van der Waals surface area (Å²) in [6, 6.07) is 11.5. The van der Waals surface area contributed by atoms with Crippen molar-refractivity contribution in [2.45, 2.75) is 0 Å². The molecule has 0 radical (unpaired) electrons. The average molecular weight is 412 g/mol. The first-order valence-electron chi connectivity index (χ1n) is 8.80. The molecular weight excluding hydrogens is 392 g/mol. The Balaban J connectivity index is 2.34. The van der Waals surface area contributed by atoms with Crippen molar-refractivity contribution < 1.29 is 28.7 Å². The zero-order valence-corrected chi connectivity index (χ0v) is 16.8. The van der Waals surface area contributed by atoms with Gasteiger partial charge in [-0.2, -0.15) is 0 Å². The Labute approximate surface area is 172 Å². The summed E-state index contributed by atoms with van der Waals surface area (Å²) in [4.78, 5) is 26.9. The average Bonchev–Trinajstić information content (AvgIpc) is 3.19. The quantitative estimate of drug-likeness (QED) is 0.353. The maximum Gasteiger partial charge on any atom is 0.355 e. The molecule has 1 aromatic heterocycles. The van der Waals surface area contributed by atoms with E-state index in [9.17, 15) is 14.9 Å². The number of hydrogen-bond acceptors (Lipinski definition) is 7. The lowest BCUT2D eigenvalue weighted by Gasteiger charge is -2.09. The molecule has 0 bridgehead atoms. The van der Waals surface area contributed by atoms with Crippen LogP contribution in [-0.2, 0) is 4.74 Å². The Morgan fingerprint density at radius 1 is 0.867 bits per heavy atom. The third-order valence-corrected chi connectivity index (χ3v) is 4.56. The second-order valence-corrected chi connectivity index (χ2v) is 6.18. The molecule has 0 unspecified atom stereocenters. The number of carbonyl (C=O) groups is 1. The largest absolute Gasteiger partial charge is 0.497 e. The van der Waals surface area contributed by atoms with E-state index in [1.54, 1.807) is 42.5 Å². The summed E-state index contributed by atoms with van der Waals surface area (Å²) in [5, 5.41) is 12.1. The SMILES string of the molecule is COC(=O)c1[nH]c(-c2ccc(OC)cc2)c([N+](=O)[O-])c1-c1cc(OC)cc(OC)c1. The number of benzene rings is 2. The van der Waals surface area contributed by atoms with Crippen LogP contribution in [0.5, 0.6) is 17.2 Å². The molecule has 3 aromatic rings. The Morgan fingerprint density at radius 3 is 1.90 bits per heavy atom. The number of aromatic amines is 1. The van der Waals surface area contributed by atoms with E-state index in [0.29, 0.717) is 28.4 Å². The van der Waals surface area contributed by atoms with E-state index in [0.717, 1.165) is 0 Å². The lowest BCUT2D eigenvalue weighted by molar-refractivity contribution is -0.383. The van der Waals surface area contributed by atoms with Crippen LogP contribution in [0, 0.1) is 10.1 Å². The monoisotopic (exact) mass is 412 g/mol. The van der Waals surface area contributed by atoms with Crippen molar-refractivity contribution in [2.24, 2.45) is 0 Å². The van der Waals surface area contributed by atoms with Gasteiger partial charge in [-0.15, -0.1) is 0 Å². The zero-order valence-electron chi connectivity index (χ0n) is 16.8. The summed E-state index contributed by atoms with van der Waals surface area (Å²) in [5.74, 6) is 0.692. The van der Waals surface area contributed by atoms with Gasteiger partial charge in [0.15, 0.2) is 0 Å². The molecule has 0 fully saturated rings. The minimum atomic E-state index is -0.741. The molecule has 0 atom stereocenters. The zero-order chi connectivity index (χ0) is 21.8. The Kier molecular flexibility index (Phi) is 5.91. The molecule has 0 saturated heterocycles. The number of nitrogens with one attached hydrogen (secondary N) is 1. The van der Waals surface area contributed by atoms with Crippen LogP contribution in [0.15, 0.2) is 42.5 Å². The number of methoxy groups -OCH3 is 4. The number of carbonyl (C=O) groups excluding carboxylic acids is 1. The Bertz CT molecular complexity index is 1070. The number of aromatic nitrogens is 1. The lowest BCUT2D eigenvalue weighted by Crippen LogP contribution is -2.04. The summed E-state index contributed by atoms with van der Waals surface area (Å²) in [7, 11) is 5.66. The number of hydrogen-bond donors (Lipinski definition) is 1. The van der Waals surface area contributed by atoms with Crippen LogP contribution in [0.1, 0.15) is 10.5 Å². The minimum Gasteiger partial charge on any atom is -0.497 e. The second kappa shape index (κ2) is 8.56. The Morgan fingerprint density at radius 2 is 1.43 bits per heavy atom. The van der Waals surface area contributed by atoms with Crippen molar-refractivity contribution in [3.63, 3.8) is 0 Å². The lowest BCUT2D eigenvalue weighted by atomic mass is 10.0. The molecule has 1 heterocycles. The highest BCUT2D eigenvalue weighted by molar-refractivity contribution is 6.02. The normalized spacial score (nSPS) is 10.4. The van der Waals surface area contributed by atoms with Gasteiger partial charge in [-0.25, -0.2) is 4.79 Å². The van der Waals surface area contributed by atoms with Crippen molar-refractivity contribution in [1.82, 2.24) is 4.98 Å². The fraction of sp³-hybridized carbons (Fsp3) is 0.190. The van der Waals surface area contributed by atoms with Gasteiger partial charge >= 0.3 is 11.7 Å². The summed E-state index contributed by atoms with van der Waals surface area (Å²) in [6.45, 7) is 0. The first-order valence-corrected chi connectivity index (χ1v) is 8.80. The topological polar surface area (TPSA) is 113 Å². The highest BCUT2D eigenvalue weighted by Crippen LogP contribution is 2.43. The van der Waals surface area contributed by atoms with E-state index in [-0.39, 0.29) is 22.6 Å². The Hall–Kier alpha value is -4.01. The van der Waals surface area contributed by atoms with Crippen LogP contribution in [0.3, 0.4) is 0 Å². The van der Waals surface area contributed by atoms with Gasteiger partial charge in [-0.1, -0.05) is 0 Å². The molecular formula is C21H20N2O7. The highest BCUT2D eigenvalue weighted by Gasteiger charge is 2.33. The molecule has 0 saturated carbocycles. The summed E-state index contributed by atoms with van der Waals surface area (Å²) in [5.41, 5.74) is 0.805. The molecule has 9 nitrogen and oxygen atoms in total. The molecule has 0 aliphatic rings. The summed E-state index contributed by atoms with van der Waals surface area (Å²) in [6.07, 6.45) is 0. The molecule has 1 N–H and O–H groups in total. The van der Waals surface area contributed by atoms with Gasteiger partial charge in [-0.05, 0) is 42.0 Å². The van der Waals surface area contributed by atoms with Gasteiger partial charge in [-0.3, -0.25) is 10.1 Å². The predicted molar refractivity (Wildman–Crippen MR) is 109 cm³/mol. The van der Waals surface area contributed by atoms with Gasteiger partial charge in [0.1, 0.15) is 28.6 Å². The van der Waals surface area contributed by atoms with Crippen molar-refractivity contribution in [3.8, 4) is 39.6 Å². The molecule has 156 valence electrons. The number of ether oxygens (including phenoxy) is 4. The molecule has 30 heavy (non-hydrogen) atoms. The van der Waals surface area contributed by atoms with Crippen LogP contribution in [-0.4, -0.2) is 44.3 Å². The smallest absolute Gasteiger partial charge is 0.355 e. The molecule has 0 aliphatic heterocycles. The predicted octanol–water partition coefficient (Wildman–Crippen LogP) is 4.07. The van der Waals surface area contributed by atoms with Crippen LogP contribution < -0.4 is 14.2 Å². The number of esters is 1. The molecule has 2 aromatic carbocycles. The summed E-state index contributed by atoms with van der Waals surface area (Å²) >= 11 is 0. The van der Waals surface area contributed by atoms with Crippen LogP contribution in [0.4, 0.5) is 5.69 Å². The van der Waals surface area contributed by atoms with Crippen molar-refractivity contribution in [3.05, 3.63) is 58.3 Å². The van der Waals surface area contributed by atoms with E-state index in [4.69, 9.17) is 18.9 Å². The van der Waals surface area contributed by atoms with E-state index in [1.165, 1.54) is 28.4 Å². The number of nitro groups is 1. The van der Waals surface area contributed by atoms with E-state index < -0.39 is 10.9 Å². The number of H-pyrrole nitrogens is 1. The standard InChI is InChI=1S/C21H20N2O7/c1-27-14-7-5-12(6-8-14)18-20(23(25)26)17(19(22-18)21(24)30-4)13-9-15(28-2)11-16(10-13)29-3/h5-11,22H,1-4H3. The summed E-state index contributed by atoms with van der Waals surface area (Å²) < 4.78 is 20.5. The molecule has 0 amide bonds. The van der Waals surface area contributed by atoms with Crippen molar-refractivity contribution in [1.29, 1.82) is 0 Å². The maximum absolute atomic E-state index is 12.5. The molecule has 0 spiro atoms. The van der Waals surface area contributed by atoms with Gasteiger partial charge < -0.3 is 23.9 Å². The van der Waals surface area contributed by atoms with Crippen LogP contribution >= 0.6 is 0 Å². The molecule has 0 aliphatic carbocycles. The fourth-order valence-electron chi connectivity index (χ4n) is 3.13. The van der Waals surface area contributed by atoms with E-state index in [1.807, 2.05) is 0 Å². The van der Waals surface area contributed by atoms with Crippen molar-refractivity contribution in [2.75, 3.05) is 28.4 Å². The minimum absolute atomic E-state index is 0.0506. The fourth-order valence-corrected chi connectivity index (χ4v) is 3.13. The second-order valence-electron chi connectivity index (χ2n) is 6.18. The van der Waals surface area contributed by atoms with Crippen molar-refractivity contribution >= 4 is 11.7 Å². The van der Waals surface area contributed by atoms with E-state index in [2.05, 4.69) is 4.98 Å². The van der Waals surface area contributed by atoms with Gasteiger partial charge in [0, 0.05) is 11.6 Å². The highest BCUT2D eigenvalue weighted by atomic mass is 16.6. The first-order chi connectivity index (χ1) is 14.4. The van der Waals surface area contributed by atoms with Gasteiger partial charge in [0.25, 0.3) is 0 Å². The van der Waals surface area contributed by atoms with Gasteiger partial charge in [0.05, 0.1) is 38.9 Å². The third kappa shape index (κ3) is 3.77. The van der Waals surface area contributed by atoms with Gasteiger partial charge in [0.2, 0.25) is 0 Å². The number of rotatable bonds is 7. The number of nitrogens with zero attached hydrogens (tertiary/aromatic N) is 1. The van der Waals surface area contributed by atoms with Crippen LogP contribution in [0.2, 0.25) is 0 Å². The third-order valence-electron chi connectivity index (χ3n) is 4.56. The molecule has 9 heteroatoms. The maximum atomic E-state index is 12.5. The molecule has 3 rings (SSSR count). The first kappa shape index (κ1) is 20.7. The van der Waals surface area contributed by atoms with E-state index >= 15 is 0 Å².